The quantitative estimate of drug-likeness (QED) is 0.285. The van der Waals surface area contributed by atoms with Crippen LogP contribution in [0.2, 0.25) is 0 Å². The Morgan fingerprint density at radius 2 is 1.52 bits per heavy atom. The zero-order valence-corrected chi connectivity index (χ0v) is 16.1. The van der Waals surface area contributed by atoms with Gasteiger partial charge in [-0.25, -0.2) is 9.59 Å². The van der Waals surface area contributed by atoms with Crippen LogP contribution in [-0.2, 0) is 28.6 Å². The minimum atomic E-state index is -1.35. The van der Waals surface area contributed by atoms with Crippen molar-refractivity contribution < 1.29 is 28.6 Å². The number of carbonyl (C=O) groups is 3. The molecule has 0 radical (unpaired) electrons. The lowest BCUT2D eigenvalue weighted by atomic mass is 10.2. The van der Waals surface area contributed by atoms with Crippen LogP contribution in [0.5, 0.6) is 0 Å². The third-order valence-electron chi connectivity index (χ3n) is 3.02. The monoisotopic (exact) mass is 374 g/mol. The van der Waals surface area contributed by atoms with Crippen LogP contribution in [0.3, 0.4) is 0 Å². The average Bonchev–Trinajstić information content (AvgIpc) is 2.57. The summed E-state index contributed by atoms with van der Waals surface area (Å²) in [6.45, 7) is 6.70. The number of ether oxygens (including phenoxy) is 3. The largest absolute Gasteiger partial charge is 0.463 e. The SMILES string of the molecule is CC(C)OC(=O)C[C@H](OC(=O)/C=C/C=C/c1ccccc1)C(=O)OC(C)C. The Labute approximate surface area is 159 Å². The van der Waals surface area contributed by atoms with Gasteiger partial charge < -0.3 is 14.2 Å². The Hall–Kier alpha value is -2.89. The zero-order chi connectivity index (χ0) is 20.2. The van der Waals surface area contributed by atoms with E-state index in [0.29, 0.717) is 0 Å². The van der Waals surface area contributed by atoms with Crippen LogP contribution in [0.15, 0.2) is 48.6 Å². The maximum absolute atomic E-state index is 12.1. The van der Waals surface area contributed by atoms with Gasteiger partial charge in [0.2, 0.25) is 6.10 Å². The van der Waals surface area contributed by atoms with E-state index < -0.39 is 36.5 Å². The molecule has 0 unspecified atom stereocenters. The van der Waals surface area contributed by atoms with Gasteiger partial charge in [0.05, 0.1) is 18.6 Å². The maximum atomic E-state index is 12.1. The highest BCUT2D eigenvalue weighted by molar-refractivity contribution is 5.88. The zero-order valence-electron chi connectivity index (χ0n) is 16.1. The topological polar surface area (TPSA) is 78.9 Å². The maximum Gasteiger partial charge on any atom is 0.348 e. The van der Waals surface area contributed by atoms with Gasteiger partial charge in [-0.15, -0.1) is 0 Å². The molecule has 0 aliphatic carbocycles. The Morgan fingerprint density at radius 3 is 2.11 bits per heavy atom. The number of rotatable bonds is 9. The normalized spacial score (nSPS) is 12.5. The van der Waals surface area contributed by atoms with E-state index >= 15 is 0 Å². The van der Waals surface area contributed by atoms with Gasteiger partial charge in [0.15, 0.2) is 0 Å². The van der Waals surface area contributed by atoms with Gasteiger partial charge >= 0.3 is 17.9 Å². The minimum absolute atomic E-state index is 0.335. The molecule has 0 saturated carbocycles. The molecule has 0 aromatic heterocycles. The fourth-order valence-electron chi connectivity index (χ4n) is 1.99. The first kappa shape index (κ1) is 22.2. The van der Waals surface area contributed by atoms with Crippen molar-refractivity contribution in [3.8, 4) is 0 Å². The first-order valence-electron chi connectivity index (χ1n) is 8.78. The smallest absolute Gasteiger partial charge is 0.348 e. The highest BCUT2D eigenvalue weighted by Gasteiger charge is 2.28. The van der Waals surface area contributed by atoms with Crippen molar-refractivity contribution in [2.45, 2.75) is 52.4 Å². The molecule has 0 fully saturated rings. The lowest BCUT2D eigenvalue weighted by Crippen LogP contribution is -2.33. The summed E-state index contributed by atoms with van der Waals surface area (Å²) >= 11 is 0. The van der Waals surface area contributed by atoms with Crippen molar-refractivity contribution >= 4 is 24.0 Å². The van der Waals surface area contributed by atoms with Gasteiger partial charge in [-0.2, -0.15) is 0 Å². The molecule has 6 nitrogen and oxygen atoms in total. The fourth-order valence-corrected chi connectivity index (χ4v) is 1.99. The molecule has 146 valence electrons. The van der Waals surface area contributed by atoms with E-state index in [1.54, 1.807) is 33.8 Å². The molecule has 0 bridgehead atoms. The summed E-state index contributed by atoms with van der Waals surface area (Å²) in [7, 11) is 0. The van der Waals surface area contributed by atoms with Crippen molar-refractivity contribution in [3.63, 3.8) is 0 Å². The predicted octanol–water partition coefficient (Wildman–Crippen LogP) is 3.46. The number of benzene rings is 1. The molecule has 0 aliphatic rings. The molecule has 0 aliphatic heterocycles. The highest BCUT2D eigenvalue weighted by atomic mass is 16.6. The first-order chi connectivity index (χ1) is 12.8. The van der Waals surface area contributed by atoms with Crippen molar-refractivity contribution in [2.75, 3.05) is 0 Å². The van der Waals surface area contributed by atoms with Crippen LogP contribution >= 0.6 is 0 Å². The van der Waals surface area contributed by atoms with E-state index in [-0.39, 0.29) is 6.10 Å². The Morgan fingerprint density at radius 1 is 0.889 bits per heavy atom. The number of hydrogen-bond acceptors (Lipinski definition) is 6. The predicted molar refractivity (Wildman–Crippen MR) is 102 cm³/mol. The molecule has 27 heavy (non-hydrogen) atoms. The Balaban J connectivity index is 2.67. The van der Waals surface area contributed by atoms with Gasteiger partial charge in [0.1, 0.15) is 0 Å². The summed E-state index contributed by atoms with van der Waals surface area (Å²) in [5.41, 5.74) is 0.977. The number of hydrogen-bond donors (Lipinski definition) is 0. The standard InChI is InChI=1S/C21H26O6/c1-15(2)25-20(23)14-18(21(24)26-16(3)4)27-19(22)13-9-8-12-17-10-6-5-7-11-17/h5-13,15-16,18H,14H2,1-4H3/b12-8+,13-9+/t18-/m0/s1. The van der Waals surface area contributed by atoms with Crippen LogP contribution in [-0.4, -0.2) is 36.2 Å². The van der Waals surface area contributed by atoms with Crippen molar-refractivity contribution in [3.05, 3.63) is 54.1 Å². The van der Waals surface area contributed by atoms with Gasteiger partial charge in [0.25, 0.3) is 0 Å². The summed E-state index contributed by atoms with van der Waals surface area (Å²) in [5.74, 6) is -2.18. The Kier molecular flexibility index (Phi) is 9.58. The second-order valence-electron chi connectivity index (χ2n) is 6.28. The second kappa shape index (κ2) is 11.7. The van der Waals surface area contributed by atoms with Crippen LogP contribution in [0.1, 0.15) is 39.7 Å². The van der Waals surface area contributed by atoms with Gasteiger partial charge in [-0.05, 0) is 33.3 Å². The summed E-state index contributed by atoms with van der Waals surface area (Å²) in [6.07, 6.45) is 3.66. The molecular weight excluding hydrogens is 348 g/mol. The van der Waals surface area contributed by atoms with Crippen LogP contribution in [0, 0.1) is 0 Å². The third-order valence-corrected chi connectivity index (χ3v) is 3.02. The first-order valence-corrected chi connectivity index (χ1v) is 8.78. The van der Waals surface area contributed by atoms with Gasteiger partial charge in [0, 0.05) is 6.08 Å². The molecule has 0 spiro atoms. The van der Waals surface area contributed by atoms with Crippen LogP contribution in [0.25, 0.3) is 6.08 Å². The molecule has 0 N–H and O–H groups in total. The molecule has 0 heterocycles. The number of allylic oxidation sites excluding steroid dienone is 2. The van der Waals surface area contributed by atoms with Crippen molar-refractivity contribution in [1.82, 2.24) is 0 Å². The van der Waals surface area contributed by atoms with Crippen LogP contribution in [0.4, 0.5) is 0 Å². The molecule has 0 saturated heterocycles. The summed E-state index contributed by atoms with van der Waals surface area (Å²) in [6, 6.07) is 9.55. The summed E-state index contributed by atoms with van der Waals surface area (Å²) in [5, 5.41) is 0. The number of carbonyl (C=O) groups excluding carboxylic acids is 3. The van der Waals surface area contributed by atoms with Gasteiger partial charge in [-0.1, -0.05) is 48.6 Å². The van der Waals surface area contributed by atoms with Gasteiger partial charge in [-0.3, -0.25) is 4.79 Å². The fraction of sp³-hybridized carbons (Fsp3) is 0.381. The van der Waals surface area contributed by atoms with Crippen molar-refractivity contribution in [2.24, 2.45) is 0 Å². The molecule has 6 heteroatoms. The summed E-state index contributed by atoms with van der Waals surface area (Å²) in [4.78, 5) is 35.8. The second-order valence-corrected chi connectivity index (χ2v) is 6.28. The third kappa shape index (κ3) is 9.99. The number of esters is 3. The lowest BCUT2D eigenvalue weighted by Gasteiger charge is -2.17. The highest BCUT2D eigenvalue weighted by Crippen LogP contribution is 2.08. The van der Waals surface area contributed by atoms with E-state index in [9.17, 15) is 14.4 Å². The molecule has 0 amide bonds. The minimum Gasteiger partial charge on any atom is -0.463 e. The van der Waals surface area contributed by atoms with E-state index in [4.69, 9.17) is 14.2 Å². The van der Waals surface area contributed by atoms with Crippen molar-refractivity contribution in [1.29, 1.82) is 0 Å². The van der Waals surface area contributed by atoms with E-state index in [0.717, 1.165) is 5.56 Å². The summed E-state index contributed by atoms with van der Waals surface area (Å²) < 4.78 is 15.1. The molecule has 1 aromatic rings. The Bertz CT molecular complexity index is 673. The van der Waals surface area contributed by atoms with E-state index in [1.165, 1.54) is 12.2 Å². The van der Waals surface area contributed by atoms with E-state index in [1.807, 2.05) is 36.4 Å². The van der Waals surface area contributed by atoms with Crippen LogP contribution < -0.4 is 0 Å². The van der Waals surface area contributed by atoms with E-state index in [2.05, 4.69) is 0 Å². The molecule has 1 atom stereocenters. The molecule has 1 aromatic carbocycles. The average molecular weight is 374 g/mol. The molecule has 1 rings (SSSR count). The molecular formula is C21H26O6. The lowest BCUT2D eigenvalue weighted by molar-refractivity contribution is -0.172.